The van der Waals surface area contributed by atoms with Crippen molar-refractivity contribution in [1.29, 1.82) is 0 Å². The molecule has 3 aliphatic carbocycles. The van der Waals surface area contributed by atoms with E-state index in [0.29, 0.717) is 5.56 Å². The van der Waals surface area contributed by atoms with E-state index in [4.69, 9.17) is 33.2 Å². The first-order valence-corrected chi connectivity index (χ1v) is 21.2. The van der Waals surface area contributed by atoms with Crippen LogP contribution in [0.4, 0.5) is 9.59 Å². The average molecular weight is 893 g/mol. The zero-order valence-corrected chi connectivity index (χ0v) is 38.2. The second-order valence-electron chi connectivity index (χ2n) is 19.0. The van der Waals surface area contributed by atoms with Gasteiger partial charge in [0.1, 0.15) is 29.5 Å². The number of fused-ring (bicyclic) bond motifs is 5. The van der Waals surface area contributed by atoms with Crippen LogP contribution in [0.15, 0.2) is 71.8 Å². The van der Waals surface area contributed by atoms with Crippen molar-refractivity contribution in [3.8, 4) is 0 Å². The first kappa shape index (κ1) is 48.1. The summed E-state index contributed by atoms with van der Waals surface area (Å²) in [6.07, 6.45) is -11.4. The Hall–Kier alpha value is -5.36. The fourth-order valence-electron chi connectivity index (χ4n) is 10.2. The Labute approximate surface area is 372 Å². The van der Waals surface area contributed by atoms with Gasteiger partial charge in [0.2, 0.25) is 0 Å². The molecule has 348 valence electrons. The van der Waals surface area contributed by atoms with Gasteiger partial charge in [0, 0.05) is 46.4 Å². The zero-order chi connectivity index (χ0) is 47.3. The van der Waals surface area contributed by atoms with Gasteiger partial charge in [-0.05, 0) is 63.5 Å². The molecule has 1 heterocycles. The highest BCUT2D eigenvalue weighted by Gasteiger charge is 2.78. The van der Waals surface area contributed by atoms with E-state index in [9.17, 15) is 34.2 Å². The second-order valence-corrected chi connectivity index (χ2v) is 19.0. The number of nitrogens with one attached hydrogen (secondary N) is 1. The number of esters is 3. The summed E-state index contributed by atoms with van der Waals surface area (Å²) >= 11 is 0. The lowest BCUT2D eigenvalue weighted by molar-refractivity contribution is -0.347. The Morgan fingerprint density at radius 1 is 0.938 bits per heavy atom. The summed E-state index contributed by atoms with van der Waals surface area (Å²) in [7, 11) is 4.23. The number of amides is 2. The lowest BCUT2D eigenvalue weighted by Crippen LogP contribution is -2.82. The molecule has 0 spiro atoms. The van der Waals surface area contributed by atoms with Gasteiger partial charge in [0.15, 0.2) is 23.6 Å². The summed E-state index contributed by atoms with van der Waals surface area (Å²) in [5, 5.41) is 28.2. The molecule has 17 nitrogen and oxygen atoms in total. The molecule has 6 rings (SSSR count). The zero-order valence-electron chi connectivity index (χ0n) is 38.2. The Balaban J connectivity index is 1.57. The number of carbonyl (C=O) groups excluding carboxylic acids is 6. The average Bonchev–Trinajstić information content (AvgIpc) is 3.21. The van der Waals surface area contributed by atoms with Gasteiger partial charge in [-0.15, -0.1) is 0 Å². The minimum Gasteiger partial charge on any atom is -0.456 e. The molecule has 2 amide bonds. The lowest BCUT2D eigenvalue weighted by atomic mass is 9.44. The van der Waals surface area contributed by atoms with E-state index in [-0.39, 0.29) is 29.7 Å². The van der Waals surface area contributed by atoms with E-state index in [1.807, 2.05) is 0 Å². The lowest BCUT2D eigenvalue weighted by Gasteiger charge is -2.67. The molecule has 2 saturated carbocycles. The largest absolute Gasteiger partial charge is 0.456 e. The van der Waals surface area contributed by atoms with Crippen LogP contribution in [0.1, 0.15) is 90.2 Å². The Kier molecular flexibility index (Phi) is 13.2. The van der Waals surface area contributed by atoms with Crippen molar-refractivity contribution >= 4 is 35.9 Å². The van der Waals surface area contributed by atoms with Crippen LogP contribution in [-0.2, 0) is 47.5 Å². The maximum absolute atomic E-state index is 15.9. The van der Waals surface area contributed by atoms with Crippen molar-refractivity contribution in [2.75, 3.05) is 27.8 Å². The quantitative estimate of drug-likeness (QED) is 0.168. The first-order valence-electron chi connectivity index (χ1n) is 21.2. The third-order valence-electron chi connectivity index (χ3n) is 13.4. The third kappa shape index (κ3) is 8.38. The topological polar surface area (TPSA) is 223 Å². The predicted molar refractivity (Wildman–Crippen MR) is 226 cm³/mol. The SMILES string of the molecule is CO[C@H]1C[C@H]2OC[C@@]2(OC(C)=O)[C@H]2[C@H](OC(=O)c3ccccc3)[C@]3(O)C[C@H](OC(=O)[C@H](O)[C@@H](NC(=O)OC(C)(C)C)c4ccccc4)C(C)=C([C@@H](OC(=O)N(C)C)C(=O)[C@]12C)C3(C)C. The molecule has 3 N–H and O–H groups in total. The van der Waals surface area contributed by atoms with Crippen molar-refractivity contribution in [3.63, 3.8) is 0 Å². The Morgan fingerprint density at radius 3 is 2.08 bits per heavy atom. The number of hydrogen-bond acceptors (Lipinski definition) is 15. The van der Waals surface area contributed by atoms with E-state index >= 15 is 4.79 Å². The van der Waals surface area contributed by atoms with Crippen molar-refractivity contribution in [2.45, 2.75) is 128 Å². The third-order valence-corrected chi connectivity index (χ3v) is 13.4. The fourth-order valence-corrected chi connectivity index (χ4v) is 10.2. The number of ether oxygens (including phenoxy) is 7. The summed E-state index contributed by atoms with van der Waals surface area (Å²) in [6, 6.07) is 14.7. The highest BCUT2D eigenvalue weighted by Crippen LogP contribution is 2.65. The van der Waals surface area contributed by atoms with Crippen molar-refractivity contribution < 1.29 is 72.1 Å². The van der Waals surface area contributed by atoms with Crippen LogP contribution in [0.25, 0.3) is 0 Å². The van der Waals surface area contributed by atoms with Gasteiger partial charge in [-0.3, -0.25) is 9.59 Å². The number of aliphatic hydroxyl groups is 2. The number of aliphatic hydroxyl groups excluding tert-OH is 1. The highest BCUT2D eigenvalue weighted by molar-refractivity contribution is 5.95. The molecule has 2 aromatic carbocycles. The number of rotatable bonds is 10. The van der Waals surface area contributed by atoms with Crippen LogP contribution >= 0.6 is 0 Å². The number of hydrogen-bond donors (Lipinski definition) is 3. The first-order chi connectivity index (χ1) is 29.8. The van der Waals surface area contributed by atoms with Crippen molar-refractivity contribution in [2.24, 2.45) is 16.7 Å². The van der Waals surface area contributed by atoms with E-state index in [0.717, 1.165) is 4.90 Å². The molecule has 2 aromatic rings. The van der Waals surface area contributed by atoms with Gasteiger partial charge < -0.3 is 53.6 Å². The van der Waals surface area contributed by atoms with E-state index in [2.05, 4.69) is 5.32 Å². The summed E-state index contributed by atoms with van der Waals surface area (Å²) < 4.78 is 42.5. The summed E-state index contributed by atoms with van der Waals surface area (Å²) in [4.78, 5) is 85.7. The van der Waals surface area contributed by atoms with Crippen LogP contribution in [-0.4, -0.2) is 132 Å². The number of benzene rings is 2. The summed E-state index contributed by atoms with van der Waals surface area (Å²) in [6.45, 7) is 12.2. The molecule has 17 heteroatoms. The molecule has 4 aliphatic rings. The number of carbonyl (C=O) groups is 6. The van der Waals surface area contributed by atoms with Gasteiger partial charge in [-0.25, -0.2) is 19.2 Å². The Morgan fingerprint density at radius 2 is 1.55 bits per heavy atom. The normalized spacial score (nSPS) is 31.5. The maximum Gasteiger partial charge on any atom is 0.410 e. The molecule has 64 heavy (non-hydrogen) atoms. The Bertz CT molecular complexity index is 2170. The molecule has 11 atom stereocenters. The number of nitrogens with zero attached hydrogens (tertiary/aromatic N) is 1. The van der Waals surface area contributed by atoms with Crippen LogP contribution in [0.2, 0.25) is 0 Å². The maximum atomic E-state index is 15.9. The van der Waals surface area contributed by atoms with Crippen LogP contribution in [0.5, 0.6) is 0 Å². The highest BCUT2D eigenvalue weighted by atomic mass is 16.6. The molecular weight excluding hydrogens is 833 g/mol. The van der Waals surface area contributed by atoms with E-state index in [1.54, 1.807) is 97.0 Å². The molecule has 0 radical (unpaired) electrons. The minimum atomic E-state index is -2.37. The van der Waals surface area contributed by atoms with Gasteiger partial charge >= 0.3 is 30.1 Å². The minimum absolute atomic E-state index is 0.0219. The monoisotopic (exact) mass is 892 g/mol. The number of ketones is 1. The standard InChI is InChI=1S/C47H60N2O15/c1-25-29(60-40(54)34(51)33(27-18-14-12-15-19-27)48-41(55)64-43(3,4)5)23-47(57)38(62-39(53)28-20-16-13-17-21-28)36-45(8,30(58-11)22-31-46(36,24-59-31)63-26(2)50)37(52)35(32(25)44(47,6)7)61-42(56)49(9)10/h12-21,29-31,33-36,38,51,57H,22-24H2,1-11H3,(H,48,55)/t29-,30-,31+,33-,34+,35+,36-,38-,45+,46-,47+/m0/s1. The molecule has 0 aromatic heterocycles. The van der Waals surface area contributed by atoms with E-state index in [1.165, 1.54) is 40.3 Å². The van der Waals surface area contributed by atoms with Gasteiger partial charge in [0.25, 0.3) is 0 Å². The molecule has 1 saturated heterocycles. The van der Waals surface area contributed by atoms with Crippen LogP contribution < -0.4 is 5.32 Å². The van der Waals surface area contributed by atoms with Crippen LogP contribution in [0.3, 0.4) is 0 Å². The van der Waals surface area contributed by atoms with Crippen molar-refractivity contribution in [1.82, 2.24) is 10.2 Å². The summed E-state index contributed by atoms with van der Waals surface area (Å²) in [5.41, 5.74) is -7.88. The molecule has 3 fully saturated rings. The summed E-state index contributed by atoms with van der Waals surface area (Å²) in [5.74, 6) is -5.08. The van der Waals surface area contributed by atoms with Gasteiger partial charge in [0.05, 0.1) is 35.6 Å². The number of alkyl carbamates (subject to hydrolysis) is 1. The molecular formula is C47H60N2O15. The second kappa shape index (κ2) is 17.6. The van der Waals surface area contributed by atoms with Gasteiger partial charge in [-0.2, -0.15) is 0 Å². The smallest absolute Gasteiger partial charge is 0.410 e. The van der Waals surface area contributed by atoms with Gasteiger partial charge in [-0.1, -0.05) is 62.4 Å². The van der Waals surface area contributed by atoms with E-state index < -0.39 is 119 Å². The molecule has 0 unspecified atom stereocenters. The molecule has 1 aliphatic heterocycles. The number of methoxy groups -OCH3 is 1. The predicted octanol–water partition coefficient (Wildman–Crippen LogP) is 4.62. The fraction of sp³-hybridized carbons (Fsp3) is 0.574. The van der Waals surface area contributed by atoms with Crippen molar-refractivity contribution in [3.05, 3.63) is 82.9 Å². The number of Topliss-reactive ketones (excluding diaryl/α,β-unsaturated/α-hetero) is 1. The molecule has 2 bridgehead atoms. The van der Waals surface area contributed by atoms with Crippen LogP contribution in [0, 0.1) is 16.7 Å².